The summed E-state index contributed by atoms with van der Waals surface area (Å²) in [6.07, 6.45) is 9.40. The van der Waals surface area contributed by atoms with E-state index >= 15 is 4.39 Å². The van der Waals surface area contributed by atoms with E-state index in [9.17, 15) is 22.0 Å². The number of halogens is 7. The molecule has 0 amide bonds. The molecule has 4 rings (SSSR count). The predicted molar refractivity (Wildman–Crippen MR) is 139 cm³/mol. The van der Waals surface area contributed by atoms with Crippen LogP contribution in [-0.4, -0.2) is 0 Å². The summed E-state index contributed by atoms with van der Waals surface area (Å²) in [6.45, 7) is 2.20. The van der Waals surface area contributed by atoms with Crippen LogP contribution in [0.4, 0.5) is 26.3 Å². The van der Waals surface area contributed by atoms with Crippen LogP contribution >= 0.6 is 15.9 Å². The van der Waals surface area contributed by atoms with Crippen LogP contribution in [0.5, 0.6) is 0 Å². The quantitative estimate of drug-likeness (QED) is 0.141. The maximum atomic E-state index is 15.1. The lowest BCUT2D eigenvalue weighted by Crippen LogP contribution is -2.13. The Morgan fingerprint density at radius 1 is 0.730 bits per heavy atom. The average Bonchev–Trinajstić information content (AvgIpc) is 2.83. The highest BCUT2D eigenvalue weighted by Crippen LogP contribution is 2.41. The molecule has 0 unspecified atom stereocenters. The third kappa shape index (κ3) is 6.42. The fraction of sp³-hybridized carbons (Fsp3) is 0.400. The molecule has 198 valence electrons. The molecule has 0 atom stereocenters. The fourth-order valence-corrected chi connectivity index (χ4v) is 5.78. The molecule has 0 saturated heterocycles. The molecule has 1 aliphatic rings. The number of hydrogen-bond donors (Lipinski definition) is 0. The highest BCUT2D eigenvalue weighted by Gasteiger charge is 2.35. The van der Waals surface area contributed by atoms with Crippen molar-refractivity contribution in [3.8, 4) is 22.3 Å². The van der Waals surface area contributed by atoms with Crippen molar-refractivity contribution in [1.29, 1.82) is 0 Å². The van der Waals surface area contributed by atoms with Gasteiger partial charge in [-0.25, -0.2) is 17.6 Å². The largest absolute Gasteiger partial charge is 0.332 e. The molecule has 0 radical (unpaired) electrons. The van der Waals surface area contributed by atoms with Gasteiger partial charge in [0.1, 0.15) is 28.8 Å². The second-order valence-corrected chi connectivity index (χ2v) is 11.0. The van der Waals surface area contributed by atoms with E-state index in [1.165, 1.54) is 43.9 Å². The zero-order chi connectivity index (χ0) is 26.7. The van der Waals surface area contributed by atoms with Crippen molar-refractivity contribution in [3.63, 3.8) is 0 Å². The Balaban J connectivity index is 1.51. The van der Waals surface area contributed by atoms with Crippen molar-refractivity contribution < 1.29 is 26.3 Å². The first-order valence-electron chi connectivity index (χ1n) is 12.7. The van der Waals surface area contributed by atoms with Crippen LogP contribution in [0.2, 0.25) is 0 Å². The summed E-state index contributed by atoms with van der Waals surface area (Å²) in [5.41, 5.74) is -0.427. The summed E-state index contributed by atoms with van der Waals surface area (Å²) in [7, 11) is 0. The molecule has 1 fully saturated rings. The molecule has 0 nitrogen and oxygen atoms in total. The van der Waals surface area contributed by atoms with Crippen molar-refractivity contribution in [2.75, 3.05) is 0 Å². The first-order chi connectivity index (χ1) is 17.6. The summed E-state index contributed by atoms with van der Waals surface area (Å²) in [5, 5.41) is 0. The minimum absolute atomic E-state index is 0.182. The van der Waals surface area contributed by atoms with Gasteiger partial charge in [-0.15, -0.1) is 0 Å². The minimum Gasteiger partial charge on any atom is -0.206 e. The van der Waals surface area contributed by atoms with Gasteiger partial charge in [-0.05, 0) is 94.4 Å². The molecular formula is C30H29BrF6. The normalized spacial score (nSPS) is 18.3. The molecular weight excluding hydrogens is 554 g/mol. The van der Waals surface area contributed by atoms with Gasteiger partial charge in [0.25, 0.3) is 0 Å². The molecule has 0 heterocycles. The van der Waals surface area contributed by atoms with E-state index in [0.29, 0.717) is 18.1 Å². The predicted octanol–water partition coefficient (Wildman–Crippen LogP) is 10.9. The van der Waals surface area contributed by atoms with E-state index in [0.717, 1.165) is 43.2 Å². The van der Waals surface area contributed by atoms with Gasteiger partial charge in [0.15, 0.2) is 0 Å². The van der Waals surface area contributed by atoms with Gasteiger partial charge in [0.2, 0.25) is 0 Å². The summed E-state index contributed by atoms with van der Waals surface area (Å²) >= 11 is 1.95. The highest BCUT2D eigenvalue weighted by molar-refractivity contribution is 9.09. The molecule has 0 aliphatic heterocycles. The summed E-state index contributed by atoms with van der Waals surface area (Å²) < 4.78 is 85.2. The van der Waals surface area contributed by atoms with Gasteiger partial charge in [-0.2, -0.15) is 8.78 Å². The lowest BCUT2D eigenvalue weighted by atomic mass is 9.77. The highest BCUT2D eigenvalue weighted by atomic mass is 79.9. The zero-order valence-electron chi connectivity index (χ0n) is 20.6. The lowest BCUT2D eigenvalue weighted by Gasteiger charge is -2.29. The number of alkyl halides is 3. The summed E-state index contributed by atoms with van der Waals surface area (Å²) in [4.78, 5) is -3.90. The van der Waals surface area contributed by atoms with Crippen molar-refractivity contribution in [2.45, 2.75) is 69.0 Å². The monoisotopic (exact) mass is 582 g/mol. The first kappa shape index (κ1) is 27.7. The van der Waals surface area contributed by atoms with Crippen molar-refractivity contribution >= 4 is 15.9 Å². The summed E-state index contributed by atoms with van der Waals surface area (Å²) in [5.74, 6) is -3.25. The van der Waals surface area contributed by atoms with Crippen molar-refractivity contribution in [1.82, 2.24) is 0 Å². The van der Waals surface area contributed by atoms with Crippen LogP contribution in [0.3, 0.4) is 0 Å². The molecule has 0 spiro atoms. The Morgan fingerprint density at radius 2 is 1.30 bits per heavy atom. The molecule has 3 aromatic rings. The van der Waals surface area contributed by atoms with E-state index < -0.39 is 33.7 Å². The van der Waals surface area contributed by atoms with Crippen LogP contribution in [0.1, 0.15) is 75.3 Å². The molecule has 3 aromatic carbocycles. The number of rotatable bonds is 8. The second-order valence-electron chi connectivity index (χ2n) is 9.96. The molecule has 0 aromatic heterocycles. The maximum Gasteiger partial charge on any atom is 0.332 e. The van der Waals surface area contributed by atoms with Gasteiger partial charge in [-0.3, -0.25) is 0 Å². The van der Waals surface area contributed by atoms with Gasteiger partial charge in [-0.1, -0.05) is 56.9 Å². The smallest absolute Gasteiger partial charge is 0.206 e. The fourth-order valence-electron chi connectivity index (χ4n) is 5.40. The molecule has 7 heteroatoms. The van der Waals surface area contributed by atoms with Crippen LogP contribution in [0, 0.1) is 29.2 Å². The Kier molecular flexibility index (Phi) is 8.72. The maximum absolute atomic E-state index is 15.1. The Bertz CT molecular complexity index is 1220. The standard InChI is InChI=1S/C30H29BrF6/c1-2-3-4-5-18-6-8-19(9-7-18)20-10-12-23(25(32)14-20)21-11-13-24(26(33)15-21)22-16-27(34)29(28(35)17-22)30(31,36)37/h10-19H,2-9H2,1H3. The van der Waals surface area contributed by atoms with Crippen molar-refractivity contribution in [3.05, 3.63) is 82.9 Å². The number of unbranched alkanes of at least 4 members (excludes halogenated alkanes) is 2. The van der Waals surface area contributed by atoms with Gasteiger partial charge < -0.3 is 0 Å². The van der Waals surface area contributed by atoms with E-state index in [-0.39, 0.29) is 22.3 Å². The van der Waals surface area contributed by atoms with Gasteiger partial charge >= 0.3 is 4.83 Å². The van der Waals surface area contributed by atoms with Crippen LogP contribution in [0.25, 0.3) is 22.3 Å². The molecule has 1 aliphatic carbocycles. The van der Waals surface area contributed by atoms with E-state index in [4.69, 9.17) is 0 Å². The average molecular weight is 583 g/mol. The number of benzene rings is 3. The SMILES string of the molecule is CCCCCC1CCC(c2ccc(-c3ccc(-c4cc(F)c(C(F)(F)Br)c(F)c4)c(F)c3)c(F)c2)CC1. The van der Waals surface area contributed by atoms with E-state index in [1.54, 1.807) is 6.07 Å². The van der Waals surface area contributed by atoms with Gasteiger partial charge in [0, 0.05) is 11.1 Å². The minimum atomic E-state index is -3.90. The van der Waals surface area contributed by atoms with E-state index in [1.807, 2.05) is 22.0 Å². The first-order valence-corrected chi connectivity index (χ1v) is 13.5. The van der Waals surface area contributed by atoms with Crippen LogP contribution in [0.15, 0.2) is 48.5 Å². The zero-order valence-corrected chi connectivity index (χ0v) is 22.2. The Labute approximate surface area is 222 Å². The van der Waals surface area contributed by atoms with Crippen LogP contribution < -0.4 is 0 Å². The Hall–Kier alpha value is -2.28. The van der Waals surface area contributed by atoms with Crippen molar-refractivity contribution in [2.24, 2.45) is 5.92 Å². The Morgan fingerprint density at radius 3 is 1.86 bits per heavy atom. The number of hydrogen-bond acceptors (Lipinski definition) is 0. The lowest BCUT2D eigenvalue weighted by molar-refractivity contribution is 0.105. The third-order valence-electron chi connectivity index (χ3n) is 7.44. The third-order valence-corrected chi connectivity index (χ3v) is 7.84. The molecule has 0 N–H and O–H groups in total. The topological polar surface area (TPSA) is 0 Å². The summed E-state index contributed by atoms with van der Waals surface area (Å²) in [6, 6.07) is 10.1. The second kappa shape index (κ2) is 11.6. The molecule has 0 bridgehead atoms. The van der Waals surface area contributed by atoms with Crippen LogP contribution in [-0.2, 0) is 4.83 Å². The van der Waals surface area contributed by atoms with E-state index in [2.05, 4.69) is 6.92 Å². The molecule has 1 saturated carbocycles. The molecule has 37 heavy (non-hydrogen) atoms. The van der Waals surface area contributed by atoms with Gasteiger partial charge in [0.05, 0.1) is 0 Å².